The molecule has 0 radical (unpaired) electrons. The molecule has 1 aliphatic carbocycles. The molecule has 0 aromatic heterocycles. The summed E-state index contributed by atoms with van der Waals surface area (Å²) in [4.78, 5) is 11.4. The highest BCUT2D eigenvalue weighted by Gasteiger charge is 2.46. The summed E-state index contributed by atoms with van der Waals surface area (Å²) >= 11 is 0. The first-order valence-corrected chi connectivity index (χ1v) is 5.65. The van der Waals surface area contributed by atoms with Gasteiger partial charge >= 0.3 is 5.97 Å². The monoisotopic (exact) mass is 218 g/mol. The SMILES string of the molecule is CCOC(=O)C1(F)CCCCCCC1O. The maximum Gasteiger partial charge on any atom is 0.346 e. The number of esters is 1. The highest BCUT2D eigenvalue weighted by atomic mass is 19.1. The van der Waals surface area contributed by atoms with E-state index in [9.17, 15) is 14.3 Å². The maximum absolute atomic E-state index is 14.3. The predicted octanol–water partition coefficient (Wildman–Crippen LogP) is 1.97. The lowest BCUT2D eigenvalue weighted by atomic mass is 9.86. The predicted molar refractivity (Wildman–Crippen MR) is 54.2 cm³/mol. The van der Waals surface area contributed by atoms with Crippen LogP contribution in [-0.4, -0.2) is 29.5 Å². The first-order chi connectivity index (χ1) is 7.11. The van der Waals surface area contributed by atoms with Gasteiger partial charge in [0.15, 0.2) is 0 Å². The van der Waals surface area contributed by atoms with Gasteiger partial charge in [0.2, 0.25) is 5.67 Å². The van der Waals surface area contributed by atoms with E-state index in [2.05, 4.69) is 4.74 Å². The largest absolute Gasteiger partial charge is 0.464 e. The molecule has 0 aromatic rings. The topological polar surface area (TPSA) is 46.5 Å². The van der Waals surface area contributed by atoms with Gasteiger partial charge < -0.3 is 9.84 Å². The number of hydrogen-bond donors (Lipinski definition) is 1. The second-order valence-electron chi connectivity index (χ2n) is 4.05. The van der Waals surface area contributed by atoms with E-state index in [4.69, 9.17) is 0 Å². The number of ether oxygens (including phenoxy) is 1. The number of aliphatic hydroxyl groups excluding tert-OH is 1. The van der Waals surface area contributed by atoms with Crippen molar-refractivity contribution in [2.45, 2.75) is 57.2 Å². The second kappa shape index (κ2) is 5.45. The summed E-state index contributed by atoms with van der Waals surface area (Å²) in [6.45, 7) is 1.79. The van der Waals surface area contributed by atoms with Gasteiger partial charge in [-0.2, -0.15) is 0 Å². The molecule has 0 bridgehead atoms. The molecule has 3 nitrogen and oxygen atoms in total. The van der Waals surface area contributed by atoms with Crippen LogP contribution in [0.5, 0.6) is 0 Å². The van der Waals surface area contributed by atoms with Gasteiger partial charge in [0.1, 0.15) is 0 Å². The van der Waals surface area contributed by atoms with Crippen LogP contribution < -0.4 is 0 Å². The lowest BCUT2D eigenvalue weighted by Crippen LogP contribution is -2.47. The zero-order valence-electron chi connectivity index (χ0n) is 9.17. The van der Waals surface area contributed by atoms with Crippen molar-refractivity contribution >= 4 is 5.97 Å². The Morgan fingerprint density at radius 2 is 2.13 bits per heavy atom. The van der Waals surface area contributed by atoms with E-state index < -0.39 is 17.7 Å². The Labute approximate surface area is 89.6 Å². The molecule has 0 heterocycles. The van der Waals surface area contributed by atoms with Gasteiger partial charge in [0.05, 0.1) is 12.7 Å². The van der Waals surface area contributed by atoms with Crippen molar-refractivity contribution < 1.29 is 19.0 Å². The summed E-state index contributed by atoms with van der Waals surface area (Å²) in [5, 5.41) is 9.65. The van der Waals surface area contributed by atoms with Gasteiger partial charge in [-0.05, 0) is 26.2 Å². The molecule has 0 amide bonds. The van der Waals surface area contributed by atoms with Crippen molar-refractivity contribution in [3.63, 3.8) is 0 Å². The van der Waals surface area contributed by atoms with E-state index in [-0.39, 0.29) is 13.0 Å². The highest BCUT2D eigenvalue weighted by Crippen LogP contribution is 2.31. The summed E-state index contributed by atoms with van der Waals surface area (Å²) in [5.74, 6) is -0.903. The van der Waals surface area contributed by atoms with Crippen molar-refractivity contribution in [3.8, 4) is 0 Å². The Hall–Kier alpha value is -0.640. The summed E-state index contributed by atoms with van der Waals surface area (Å²) in [6, 6.07) is 0. The molecular weight excluding hydrogens is 199 g/mol. The van der Waals surface area contributed by atoms with Crippen LogP contribution in [-0.2, 0) is 9.53 Å². The van der Waals surface area contributed by atoms with Crippen LogP contribution >= 0.6 is 0 Å². The molecule has 0 aliphatic heterocycles. The van der Waals surface area contributed by atoms with Crippen LogP contribution in [0, 0.1) is 0 Å². The molecule has 1 fully saturated rings. The Bertz CT molecular complexity index is 220. The van der Waals surface area contributed by atoms with Crippen LogP contribution in [0.2, 0.25) is 0 Å². The van der Waals surface area contributed by atoms with E-state index in [1.54, 1.807) is 6.92 Å². The molecule has 1 rings (SSSR count). The summed E-state index contributed by atoms with van der Waals surface area (Å²) in [7, 11) is 0. The number of alkyl halides is 1. The van der Waals surface area contributed by atoms with Gasteiger partial charge in [-0.3, -0.25) is 0 Å². The van der Waals surface area contributed by atoms with E-state index in [1.165, 1.54) is 0 Å². The third kappa shape index (κ3) is 2.91. The molecule has 1 saturated carbocycles. The smallest absolute Gasteiger partial charge is 0.346 e. The van der Waals surface area contributed by atoms with Crippen molar-refractivity contribution in [2.24, 2.45) is 0 Å². The number of carbonyl (C=O) groups is 1. The van der Waals surface area contributed by atoms with Gasteiger partial charge in [-0.25, -0.2) is 9.18 Å². The second-order valence-corrected chi connectivity index (χ2v) is 4.05. The first kappa shape index (κ1) is 12.4. The third-order valence-corrected chi connectivity index (χ3v) is 2.91. The fraction of sp³-hybridized carbons (Fsp3) is 0.909. The standard InChI is InChI=1S/C11H19FO3/c1-2-15-10(14)11(12)8-6-4-3-5-7-9(11)13/h9,13H,2-8H2,1H3. The van der Waals surface area contributed by atoms with Crippen LogP contribution in [0.3, 0.4) is 0 Å². The zero-order chi connectivity index (χ0) is 11.3. The molecule has 0 saturated heterocycles. The summed E-state index contributed by atoms with van der Waals surface area (Å²) in [5.41, 5.74) is -2.18. The fourth-order valence-electron chi connectivity index (χ4n) is 1.96. The van der Waals surface area contributed by atoms with Gasteiger partial charge in [0.25, 0.3) is 0 Å². The fourth-order valence-corrected chi connectivity index (χ4v) is 1.96. The number of rotatable bonds is 2. The maximum atomic E-state index is 14.3. The van der Waals surface area contributed by atoms with Crippen molar-refractivity contribution in [3.05, 3.63) is 0 Å². The quantitative estimate of drug-likeness (QED) is 0.721. The molecule has 1 N–H and O–H groups in total. The Balaban J connectivity index is 2.70. The number of aliphatic hydroxyl groups is 1. The van der Waals surface area contributed by atoms with Gasteiger partial charge in [-0.15, -0.1) is 0 Å². The van der Waals surface area contributed by atoms with Crippen molar-refractivity contribution in [1.82, 2.24) is 0 Å². The Kier molecular flexibility index (Phi) is 4.51. The minimum Gasteiger partial charge on any atom is -0.464 e. The lowest BCUT2D eigenvalue weighted by molar-refractivity contribution is -0.168. The molecule has 0 aromatic carbocycles. The number of halogens is 1. The van der Waals surface area contributed by atoms with E-state index >= 15 is 0 Å². The van der Waals surface area contributed by atoms with Crippen LogP contribution in [0.1, 0.15) is 45.4 Å². The molecular formula is C11H19FO3. The average molecular weight is 218 g/mol. The first-order valence-electron chi connectivity index (χ1n) is 5.65. The van der Waals surface area contributed by atoms with Gasteiger partial charge in [-0.1, -0.05) is 19.3 Å². The Morgan fingerprint density at radius 1 is 1.47 bits per heavy atom. The minimum absolute atomic E-state index is 0.0764. The molecule has 4 heteroatoms. The highest BCUT2D eigenvalue weighted by molar-refractivity contribution is 5.80. The van der Waals surface area contributed by atoms with Crippen molar-refractivity contribution in [1.29, 1.82) is 0 Å². The molecule has 88 valence electrons. The number of hydrogen-bond acceptors (Lipinski definition) is 3. The molecule has 1 aliphatic rings. The number of carbonyl (C=O) groups excluding carboxylic acids is 1. The van der Waals surface area contributed by atoms with E-state index in [1.807, 2.05) is 0 Å². The summed E-state index contributed by atoms with van der Waals surface area (Å²) in [6.07, 6.45) is 2.52. The summed E-state index contributed by atoms with van der Waals surface area (Å²) < 4.78 is 18.9. The molecule has 0 spiro atoms. The molecule has 2 unspecified atom stereocenters. The lowest BCUT2D eigenvalue weighted by Gasteiger charge is -2.29. The van der Waals surface area contributed by atoms with E-state index in [0.29, 0.717) is 12.8 Å². The van der Waals surface area contributed by atoms with Crippen LogP contribution in [0.15, 0.2) is 0 Å². The van der Waals surface area contributed by atoms with Gasteiger partial charge in [0, 0.05) is 0 Å². The zero-order valence-corrected chi connectivity index (χ0v) is 9.17. The molecule has 15 heavy (non-hydrogen) atoms. The Morgan fingerprint density at radius 3 is 2.80 bits per heavy atom. The minimum atomic E-state index is -2.18. The van der Waals surface area contributed by atoms with Crippen LogP contribution in [0.4, 0.5) is 4.39 Å². The average Bonchev–Trinajstić information content (AvgIpc) is 2.20. The van der Waals surface area contributed by atoms with Crippen LogP contribution in [0.25, 0.3) is 0 Å². The van der Waals surface area contributed by atoms with E-state index in [0.717, 1.165) is 19.3 Å². The molecule has 2 atom stereocenters. The third-order valence-electron chi connectivity index (χ3n) is 2.91. The normalized spacial score (nSPS) is 32.9. The van der Waals surface area contributed by atoms with Crippen molar-refractivity contribution in [2.75, 3.05) is 6.61 Å².